The van der Waals surface area contributed by atoms with Gasteiger partial charge in [0.15, 0.2) is 0 Å². The lowest BCUT2D eigenvalue weighted by atomic mass is 9.93. The summed E-state index contributed by atoms with van der Waals surface area (Å²) >= 11 is 0. The predicted molar refractivity (Wildman–Crippen MR) is 95.9 cm³/mol. The zero-order valence-electron chi connectivity index (χ0n) is 12.4. The van der Waals surface area contributed by atoms with E-state index in [4.69, 9.17) is 0 Å². The first-order chi connectivity index (χ1) is 9.83. The lowest BCUT2D eigenvalue weighted by Gasteiger charge is -2.31. The maximum absolute atomic E-state index is 2.46. The second kappa shape index (κ2) is 7.58. The summed E-state index contributed by atoms with van der Waals surface area (Å²) in [5.41, 5.74) is 4.28. The largest absolute Gasteiger partial charge is 0.299 e. The maximum atomic E-state index is 2.46. The third-order valence-corrected chi connectivity index (χ3v) is 4.13. The van der Waals surface area contributed by atoms with Gasteiger partial charge < -0.3 is 0 Å². The Morgan fingerprint density at radius 3 is 2.24 bits per heavy atom. The van der Waals surface area contributed by atoms with Gasteiger partial charge in [-0.1, -0.05) is 66.7 Å². The molecule has 0 spiro atoms. The molecular weight excluding hydrogens is 322 g/mol. The Labute approximate surface area is 138 Å². The number of rotatable bonds is 3. The molecule has 1 atom stereocenters. The highest BCUT2D eigenvalue weighted by Crippen LogP contribution is 2.25. The van der Waals surface area contributed by atoms with Crippen LogP contribution in [0.25, 0.3) is 5.57 Å². The Morgan fingerprint density at radius 2 is 1.57 bits per heavy atom. The van der Waals surface area contributed by atoms with Crippen molar-refractivity contribution in [3.05, 3.63) is 77.9 Å². The number of hydrogen-bond donors (Lipinski definition) is 0. The fourth-order valence-corrected chi connectivity index (χ4v) is 2.87. The van der Waals surface area contributed by atoms with Crippen molar-refractivity contribution in [1.82, 2.24) is 4.90 Å². The quantitative estimate of drug-likeness (QED) is 0.787. The molecule has 1 unspecified atom stereocenters. The summed E-state index contributed by atoms with van der Waals surface area (Å²) < 4.78 is 0. The van der Waals surface area contributed by atoms with Crippen LogP contribution in [0.1, 0.15) is 17.5 Å². The van der Waals surface area contributed by atoms with Gasteiger partial charge in [-0.2, -0.15) is 0 Å². The minimum Gasteiger partial charge on any atom is -0.299 e. The Balaban J connectivity index is 0.00000161. The van der Waals surface area contributed by atoms with Crippen molar-refractivity contribution in [2.75, 3.05) is 13.6 Å². The molecule has 21 heavy (non-hydrogen) atoms. The molecule has 0 N–H and O–H groups in total. The van der Waals surface area contributed by atoms with E-state index >= 15 is 0 Å². The van der Waals surface area contributed by atoms with Crippen LogP contribution in [-0.2, 0) is 6.42 Å². The summed E-state index contributed by atoms with van der Waals surface area (Å²) in [5.74, 6) is 0. The van der Waals surface area contributed by atoms with E-state index in [9.17, 15) is 0 Å². The highest BCUT2D eigenvalue weighted by atomic mass is 79.9. The highest BCUT2D eigenvalue weighted by molar-refractivity contribution is 8.93. The summed E-state index contributed by atoms with van der Waals surface area (Å²) in [6.07, 6.45) is 4.69. The van der Waals surface area contributed by atoms with Gasteiger partial charge in [0.05, 0.1) is 0 Å². The van der Waals surface area contributed by atoms with Crippen molar-refractivity contribution in [3.8, 4) is 0 Å². The number of hydrogen-bond acceptors (Lipinski definition) is 1. The van der Waals surface area contributed by atoms with Crippen LogP contribution in [0.2, 0.25) is 0 Å². The van der Waals surface area contributed by atoms with Gasteiger partial charge in [-0.3, -0.25) is 4.90 Å². The maximum Gasteiger partial charge on any atom is 0.0321 e. The summed E-state index contributed by atoms with van der Waals surface area (Å²) in [7, 11) is 2.23. The van der Waals surface area contributed by atoms with Crippen LogP contribution in [0.15, 0.2) is 66.7 Å². The fraction of sp³-hybridized carbons (Fsp3) is 0.263. The molecule has 0 aliphatic carbocycles. The molecule has 1 aliphatic heterocycles. The standard InChI is InChI=1S/C19H21N.BrH/c1-20-13-12-18(17-10-6-3-7-11-17)15-19(20)14-16-8-4-2-5-9-16;/h2-11,15,19H,12-14H2,1H3;1H. The SMILES string of the molecule is Br.CN1CCC(c2ccccc2)=CC1Cc1ccccc1. The normalized spacial score (nSPS) is 18.7. The van der Waals surface area contributed by atoms with Crippen LogP contribution in [0.4, 0.5) is 0 Å². The summed E-state index contributed by atoms with van der Waals surface area (Å²) in [5, 5.41) is 0. The second-order valence-corrected chi connectivity index (χ2v) is 5.55. The van der Waals surface area contributed by atoms with E-state index in [1.807, 2.05) is 0 Å². The molecule has 1 nitrogen and oxygen atoms in total. The summed E-state index contributed by atoms with van der Waals surface area (Å²) in [6.45, 7) is 1.14. The lowest BCUT2D eigenvalue weighted by Crippen LogP contribution is -2.36. The van der Waals surface area contributed by atoms with Crippen molar-refractivity contribution in [3.63, 3.8) is 0 Å². The molecule has 0 saturated carbocycles. The Hall–Kier alpha value is -1.38. The average molecular weight is 344 g/mol. The van der Waals surface area contributed by atoms with Crippen LogP contribution < -0.4 is 0 Å². The molecule has 3 rings (SSSR count). The number of likely N-dealkylation sites (N-methyl/N-ethyl adjacent to an activating group) is 1. The Morgan fingerprint density at radius 1 is 0.952 bits per heavy atom. The fourth-order valence-electron chi connectivity index (χ4n) is 2.87. The first kappa shape index (κ1) is 16.0. The smallest absolute Gasteiger partial charge is 0.0321 e. The van der Waals surface area contributed by atoms with Gasteiger partial charge in [0.1, 0.15) is 0 Å². The molecular formula is C19H22BrN. The van der Waals surface area contributed by atoms with E-state index in [1.165, 1.54) is 16.7 Å². The second-order valence-electron chi connectivity index (χ2n) is 5.55. The zero-order valence-corrected chi connectivity index (χ0v) is 14.1. The van der Waals surface area contributed by atoms with E-state index in [0.29, 0.717) is 6.04 Å². The van der Waals surface area contributed by atoms with Crippen LogP contribution in [0.3, 0.4) is 0 Å². The van der Waals surface area contributed by atoms with Crippen molar-refractivity contribution in [2.24, 2.45) is 0 Å². The molecule has 0 fully saturated rings. The lowest BCUT2D eigenvalue weighted by molar-refractivity contribution is 0.277. The van der Waals surface area contributed by atoms with Gasteiger partial charge in [-0.05, 0) is 36.6 Å². The average Bonchev–Trinajstić information content (AvgIpc) is 2.51. The number of nitrogens with zero attached hydrogens (tertiary/aromatic N) is 1. The minimum absolute atomic E-state index is 0. The van der Waals surface area contributed by atoms with Crippen molar-refractivity contribution in [1.29, 1.82) is 0 Å². The van der Waals surface area contributed by atoms with E-state index in [-0.39, 0.29) is 17.0 Å². The van der Waals surface area contributed by atoms with Crippen molar-refractivity contribution < 1.29 is 0 Å². The van der Waals surface area contributed by atoms with Crippen molar-refractivity contribution >= 4 is 22.6 Å². The first-order valence-electron chi connectivity index (χ1n) is 7.33. The summed E-state index contributed by atoms with van der Waals surface area (Å²) in [6, 6.07) is 22.0. The summed E-state index contributed by atoms with van der Waals surface area (Å²) in [4.78, 5) is 2.46. The molecule has 1 heterocycles. The monoisotopic (exact) mass is 343 g/mol. The molecule has 0 saturated heterocycles. The van der Waals surface area contributed by atoms with E-state index in [0.717, 1.165) is 19.4 Å². The van der Waals surface area contributed by atoms with Crippen LogP contribution in [-0.4, -0.2) is 24.5 Å². The topological polar surface area (TPSA) is 3.24 Å². The van der Waals surface area contributed by atoms with Crippen LogP contribution in [0.5, 0.6) is 0 Å². The minimum atomic E-state index is 0. The van der Waals surface area contributed by atoms with Gasteiger partial charge in [0.2, 0.25) is 0 Å². The van der Waals surface area contributed by atoms with E-state index < -0.39 is 0 Å². The van der Waals surface area contributed by atoms with Gasteiger partial charge in [-0.15, -0.1) is 17.0 Å². The van der Waals surface area contributed by atoms with Gasteiger partial charge in [-0.25, -0.2) is 0 Å². The molecule has 0 amide bonds. The van der Waals surface area contributed by atoms with Crippen LogP contribution >= 0.6 is 17.0 Å². The first-order valence-corrected chi connectivity index (χ1v) is 7.33. The molecule has 2 aromatic carbocycles. The third-order valence-electron chi connectivity index (χ3n) is 4.13. The van der Waals surface area contributed by atoms with Gasteiger partial charge in [0.25, 0.3) is 0 Å². The number of benzene rings is 2. The Bertz CT molecular complexity index is 577. The predicted octanol–water partition coefficient (Wildman–Crippen LogP) is 4.59. The molecule has 110 valence electrons. The molecule has 1 aliphatic rings. The van der Waals surface area contributed by atoms with Gasteiger partial charge >= 0.3 is 0 Å². The third kappa shape index (κ3) is 4.05. The van der Waals surface area contributed by atoms with Crippen LogP contribution in [0, 0.1) is 0 Å². The van der Waals surface area contributed by atoms with Crippen molar-refractivity contribution in [2.45, 2.75) is 18.9 Å². The van der Waals surface area contributed by atoms with E-state index in [2.05, 4.69) is 78.7 Å². The molecule has 2 heteroatoms. The Kier molecular flexibility index (Phi) is 5.77. The molecule has 0 bridgehead atoms. The molecule has 0 aromatic heterocycles. The zero-order chi connectivity index (χ0) is 13.8. The van der Waals surface area contributed by atoms with E-state index in [1.54, 1.807) is 0 Å². The molecule has 2 aromatic rings. The molecule has 0 radical (unpaired) electrons. The highest BCUT2D eigenvalue weighted by Gasteiger charge is 2.19. The van der Waals surface area contributed by atoms with Gasteiger partial charge in [0, 0.05) is 12.6 Å². The number of halogens is 1.